The van der Waals surface area contributed by atoms with Gasteiger partial charge in [0, 0.05) is 29.9 Å². The molecule has 1 aromatic carbocycles. The van der Waals surface area contributed by atoms with Crippen LogP contribution in [0.25, 0.3) is 10.9 Å². The minimum atomic E-state index is -3.02. The van der Waals surface area contributed by atoms with Gasteiger partial charge in [-0.3, -0.25) is 4.79 Å². The van der Waals surface area contributed by atoms with Crippen molar-refractivity contribution in [2.45, 2.75) is 19.5 Å². The van der Waals surface area contributed by atoms with E-state index >= 15 is 0 Å². The number of fused-ring (bicyclic) bond motifs is 1. The van der Waals surface area contributed by atoms with E-state index in [2.05, 4.69) is 10.3 Å². The number of sulfone groups is 1. The average Bonchev–Trinajstić information content (AvgIpc) is 2.34. The molecule has 0 fully saturated rings. The van der Waals surface area contributed by atoms with E-state index in [0.717, 1.165) is 10.9 Å². The number of hydrogen-bond donors (Lipinski definition) is 2. The summed E-state index contributed by atoms with van der Waals surface area (Å²) in [7, 11) is -3.02. The van der Waals surface area contributed by atoms with Gasteiger partial charge in [-0.25, -0.2) is 8.42 Å². The van der Waals surface area contributed by atoms with Gasteiger partial charge in [0.05, 0.1) is 5.75 Å². The molecule has 1 atom stereocenters. The van der Waals surface area contributed by atoms with Crippen LogP contribution in [0.5, 0.6) is 0 Å². The average molecular weight is 294 g/mol. The first-order valence-electron chi connectivity index (χ1n) is 6.37. The summed E-state index contributed by atoms with van der Waals surface area (Å²) in [5.41, 5.74) is 1.25. The van der Waals surface area contributed by atoms with Crippen molar-refractivity contribution in [3.05, 3.63) is 46.2 Å². The molecule has 2 N–H and O–H groups in total. The zero-order valence-electron chi connectivity index (χ0n) is 11.5. The Bertz CT molecular complexity index is 765. The van der Waals surface area contributed by atoms with Crippen molar-refractivity contribution in [2.24, 2.45) is 0 Å². The highest BCUT2D eigenvalue weighted by Gasteiger charge is 2.11. The molecular weight excluding hydrogens is 276 g/mol. The first-order chi connectivity index (χ1) is 9.35. The summed E-state index contributed by atoms with van der Waals surface area (Å²) in [6.45, 7) is 2.13. The van der Waals surface area contributed by atoms with Gasteiger partial charge in [0.2, 0.25) is 0 Å². The third kappa shape index (κ3) is 3.91. The lowest BCUT2D eigenvalue weighted by atomic mass is 10.1. The first-order valence-corrected chi connectivity index (χ1v) is 8.43. The maximum Gasteiger partial charge on any atom is 0.252 e. The molecule has 0 aliphatic heterocycles. The zero-order valence-corrected chi connectivity index (χ0v) is 12.3. The Labute approximate surface area is 117 Å². The van der Waals surface area contributed by atoms with E-state index in [4.69, 9.17) is 0 Å². The highest BCUT2D eigenvalue weighted by Crippen LogP contribution is 2.10. The number of benzene rings is 1. The minimum Gasteiger partial charge on any atom is -0.322 e. The Hall–Kier alpha value is -1.66. The van der Waals surface area contributed by atoms with E-state index in [1.807, 2.05) is 30.3 Å². The summed E-state index contributed by atoms with van der Waals surface area (Å²) in [6, 6.07) is 9.17. The topological polar surface area (TPSA) is 79.0 Å². The van der Waals surface area contributed by atoms with E-state index in [0.29, 0.717) is 12.1 Å². The van der Waals surface area contributed by atoms with Gasteiger partial charge in [-0.05, 0) is 24.4 Å². The van der Waals surface area contributed by atoms with Gasteiger partial charge in [0.1, 0.15) is 9.84 Å². The molecule has 6 heteroatoms. The maximum atomic E-state index is 11.9. The van der Waals surface area contributed by atoms with Gasteiger partial charge < -0.3 is 10.3 Å². The highest BCUT2D eigenvalue weighted by atomic mass is 32.2. The van der Waals surface area contributed by atoms with Crippen LogP contribution in [0.15, 0.2) is 35.1 Å². The van der Waals surface area contributed by atoms with Crippen LogP contribution in [0.2, 0.25) is 0 Å². The first kappa shape index (κ1) is 14.7. The molecule has 0 saturated heterocycles. The normalized spacial score (nSPS) is 13.5. The predicted molar refractivity (Wildman–Crippen MR) is 80.6 cm³/mol. The molecule has 0 spiro atoms. The number of aromatic nitrogens is 1. The molecule has 0 radical (unpaired) electrons. The summed E-state index contributed by atoms with van der Waals surface area (Å²) < 4.78 is 22.4. The molecule has 0 bridgehead atoms. The maximum absolute atomic E-state index is 11.9. The van der Waals surface area contributed by atoms with Crippen LogP contribution in [-0.4, -0.2) is 31.5 Å². The van der Waals surface area contributed by atoms with Crippen molar-refractivity contribution in [1.29, 1.82) is 0 Å². The number of rotatable bonds is 5. The van der Waals surface area contributed by atoms with Crippen molar-refractivity contribution in [1.82, 2.24) is 10.3 Å². The van der Waals surface area contributed by atoms with Crippen molar-refractivity contribution in [2.75, 3.05) is 12.0 Å². The fourth-order valence-corrected chi connectivity index (χ4v) is 3.15. The summed E-state index contributed by atoms with van der Waals surface area (Å²) >= 11 is 0. The molecule has 20 heavy (non-hydrogen) atoms. The molecule has 0 aliphatic rings. The molecule has 2 rings (SSSR count). The number of H-pyrrole nitrogens is 1. The van der Waals surface area contributed by atoms with Crippen LogP contribution in [0.3, 0.4) is 0 Å². The Morgan fingerprint density at radius 1 is 1.30 bits per heavy atom. The van der Waals surface area contributed by atoms with E-state index in [-0.39, 0.29) is 17.4 Å². The summed E-state index contributed by atoms with van der Waals surface area (Å²) in [5.74, 6) is 0.0541. The van der Waals surface area contributed by atoms with Crippen molar-refractivity contribution < 1.29 is 8.42 Å². The second-order valence-electron chi connectivity index (χ2n) is 5.09. The number of pyridine rings is 1. The van der Waals surface area contributed by atoms with Gasteiger partial charge in [-0.15, -0.1) is 0 Å². The number of para-hydroxylation sites is 1. The highest BCUT2D eigenvalue weighted by molar-refractivity contribution is 7.90. The van der Waals surface area contributed by atoms with Gasteiger partial charge in [-0.1, -0.05) is 18.2 Å². The third-order valence-electron chi connectivity index (χ3n) is 3.02. The smallest absolute Gasteiger partial charge is 0.252 e. The Kier molecular flexibility index (Phi) is 4.25. The lowest BCUT2D eigenvalue weighted by Crippen LogP contribution is -2.33. The molecule has 0 saturated carbocycles. The molecule has 1 heterocycles. The minimum absolute atomic E-state index is 0.0541. The summed E-state index contributed by atoms with van der Waals surface area (Å²) in [4.78, 5) is 14.7. The van der Waals surface area contributed by atoms with Gasteiger partial charge in [-0.2, -0.15) is 0 Å². The molecule has 1 aromatic heterocycles. The monoisotopic (exact) mass is 294 g/mol. The standard InChI is InChI=1S/C14H18N2O3S/c1-10(9-20(2,18)19)15-8-12-7-11-5-3-4-6-13(11)16-14(12)17/h3-7,10,15H,8-9H2,1-2H3,(H,16,17). The molecule has 108 valence electrons. The van der Waals surface area contributed by atoms with Crippen molar-refractivity contribution in [3.63, 3.8) is 0 Å². The quantitative estimate of drug-likeness (QED) is 0.864. The van der Waals surface area contributed by atoms with Crippen molar-refractivity contribution in [3.8, 4) is 0 Å². The van der Waals surface area contributed by atoms with E-state index in [1.54, 1.807) is 6.92 Å². The number of nitrogens with one attached hydrogen (secondary N) is 2. The number of hydrogen-bond acceptors (Lipinski definition) is 4. The van der Waals surface area contributed by atoms with E-state index < -0.39 is 9.84 Å². The fourth-order valence-electron chi connectivity index (χ4n) is 2.12. The Morgan fingerprint density at radius 3 is 2.70 bits per heavy atom. The Morgan fingerprint density at radius 2 is 2.00 bits per heavy atom. The van der Waals surface area contributed by atoms with Crippen LogP contribution >= 0.6 is 0 Å². The van der Waals surface area contributed by atoms with Gasteiger partial charge in [0.15, 0.2) is 0 Å². The lowest BCUT2D eigenvalue weighted by Gasteiger charge is -2.12. The molecule has 0 amide bonds. The molecule has 5 nitrogen and oxygen atoms in total. The summed E-state index contributed by atoms with van der Waals surface area (Å²) in [5, 5.41) is 4.02. The van der Waals surface area contributed by atoms with Crippen LogP contribution in [-0.2, 0) is 16.4 Å². The molecule has 2 aromatic rings. The van der Waals surface area contributed by atoms with Crippen LogP contribution < -0.4 is 10.9 Å². The van der Waals surface area contributed by atoms with Crippen LogP contribution in [0.4, 0.5) is 0 Å². The second-order valence-corrected chi connectivity index (χ2v) is 7.27. The second kappa shape index (κ2) is 5.76. The van der Waals surface area contributed by atoms with Gasteiger partial charge >= 0.3 is 0 Å². The van der Waals surface area contributed by atoms with E-state index in [9.17, 15) is 13.2 Å². The largest absolute Gasteiger partial charge is 0.322 e. The molecule has 0 aliphatic carbocycles. The molecule has 1 unspecified atom stereocenters. The SMILES string of the molecule is CC(CS(C)(=O)=O)NCc1cc2ccccc2[nH]c1=O. The fraction of sp³-hybridized carbons (Fsp3) is 0.357. The third-order valence-corrected chi connectivity index (χ3v) is 4.13. The van der Waals surface area contributed by atoms with Crippen LogP contribution in [0.1, 0.15) is 12.5 Å². The van der Waals surface area contributed by atoms with Crippen LogP contribution in [0, 0.1) is 0 Å². The Balaban J connectivity index is 2.14. The summed E-state index contributed by atoms with van der Waals surface area (Å²) in [6.07, 6.45) is 1.20. The predicted octanol–water partition coefficient (Wildman–Crippen LogP) is 1.05. The van der Waals surface area contributed by atoms with Gasteiger partial charge in [0.25, 0.3) is 5.56 Å². The number of aromatic amines is 1. The molecular formula is C14H18N2O3S. The van der Waals surface area contributed by atoms with E-state index in [1.165, 1.54) is 6.26 Å². The zero-order chi connectivity index (χ0) is 14.8. The lowest BCUT2D eigenvalue weighted by molar-refractivity contribution is 0.559. The van der Waals surface area contributed by atoms with Crippen molar-refractivity contribution >= 4 is 20.7 Å².